The number of ether oxygens (including phenoxy) is 1. The number of carbonyl (C=O) groups excluding carboxylic acids is 1. The smallest absolute Gasteiger partial charge is 0.326 e. The summed E-state index contributed by atoms with van der Waals surface area (Å²) in [6, 6.07) is 0. The molecule has 0 bridgehead atoms. The average Bonchev–Trinajstić information content (AvgIpc) is 2.65. The molecule has 1 aliphatic heterocycles. The highest BCUT2D eigenvalue weighted by Crippen LogP contribution is 2.28. The van der Waals surface area contributed by atoms with Crippen LogP contribution in [0.5, 0.6) is 0 Å². The lowest BCUT2D eigenvalue weighted by Gasteiger charge is -2.40. The highest BCUT2D eigenvalue weighted by Gasteiger charge is 2.42. The predicted molar refractivity (Wildman–Crippen MR) is 73.6 cm³/mol. The lowest BCUT2D eigenvalue weighted by Crippen LogP contribution is -2.56. The van der Waals surface area contributed by atoms with Crippen molar-refractivity contribution in [3.05, 3.63) is 0 Å². The van der Waals surface area contributed by atoms with E-state index < -0.39 is 5.54 Å². The van der Waals surface area contributed by atoms with E-state index in [1.54, 1.807) is 0 Å². The maximum atomic E-state index is 12.4. The van der Waals surface area contributed by atoms with Crippen molar-refractivity contribution in [2.24, 2.45) is 0 Å². The maximum Gasteiger partial charge on any atom is 0.326 e. The van der Waals surface area contributed by atoms with Crippen LogP contribution in [-0.2, 0) is 9.53 Å². The summed E-state index contributed by atoms with van der Waals surface area (Å²) >= 11 is 0. The topological polar surface area (TPSA) is 41.6 Å². The van der Waals surface area contributed by atoms with Crippen molar-refractivity contribution in [1.29, 1.82) is 0 Å². The van der Waals surface area contributed by atoms with Gasteiger partial charge in [-0.2, -0.15) is 0 Å². The third-order valence-electron chi connectivity index (χ3n) is 3.85. The second-order valence-corrected chi connectivity index (χ2v) is 4.95. The van der Waals surface area contributed by atoms with Crippen LogP contribution in [0.1, 0.15) is 46.5 Å². The molecule has 4 nitrogen and oxygen atoms in total. The first-order valence-electron chi connectivity index (χ1n) is 7.34. The van der Waals surface area contributed by atoms with Crippen molar-refractivity contribution in [1.82, 2.24) is 10.2 Å². The van der Waals surface area contributed by atoms with Gasteiger partial charge in [0.2, 0.25) is 0 Å². The molecule has 0 aromatic carbocycles. The average molecular weight is 256 g/mol. The van der Waals surface area contributed by atoms with Crippen LogP contribution in [0, 0.1) is 0 Å². The fourth-order valence-electron chi connectivity index (χ4n) is 2.89. The second-order valence-electron chi connectivity index (χ2n) is 4.95. The number of rotatable bonds is 6. The van der Waals surface area contributed by atoms with Crippen LogP contribution in [0.15, 0.2) is 0 Å². The second kappa shape index (κ2) is 7.74. The van der Waals surface area contributed by atoms with E-state index in [0.29, 0.717) is 6.61 Å². The Morgan fingerprint density at radius 3 is 2.67 bits per heavy atom. The standard InChI is InChI=1S/C14H28N2O2/c1-4-8-14(5-2,13(17)18-6-3)16-11-7-9-15-10-12-16/h15H,4-12H2,1-3H3. The van der Waals surface area contributed by atoms with Crippen molar-refractivity contribution in [2.75, 3.05) is 32.8 Å². The number of hydrogen-bond acceptors (Lipinski definition) is 4. The van der Waals surface area contributed by atoms with E-state index in [4.69, 9.17) is 4.74 Å². The molecular formula is C14H28N2O2. The van der Waals surface area contributed by atoms with Crippen molar-refractivity contribution < 1.29 is 9.53 Å². The van der Waals surface area contributed by atoms with Gasteiger partial charge in [-0.05, 0) is 32.7 Å². The molecule has 0 aliphatic carbocycles. The minimum absolute atomic E-state index is 0.0312. The summed E-state index contributed by atoms with van der Waals surface area (Å²) in [5, 5.41) is 3.39. The summed E-state index contributed by atoms with van der Waals surface area (Å²) in [5.74, 6) is -0.0312. The Bertz CT molecular complexity index is 250. The molecule has 4 heteroatoms. The molecule has 0 saturated carbocycles. The molecule has 1 saturated heterocycles. The first-order chi connectivity index (χ1) is 8.71. The quantitative estimate of drug-likeness (QED) is 0.736. The van der Waals surface area contributed by atoms with Crippen molar-refractivity contribution in [2.45, 2.75) is 52.0 Å². The van der Waals surface area contributed by atoms with Gasteiger partial charge in [0, 0.05) is 19.6 Å². The number of nitrogens with zero attached hydrogens (tertiary/aromatic N) is 1. The monoisotopic (exact) mass is 256 g/mol. The molecular weight excluding hydrogens is 228 g/mol. The molecule has 1 rings (SSSR count). The number of hydrogen-bond donors (Lipinski definition) is 1. The molecule has 1 atom stereocenters. The lowest BCUT2D eigenvalue weighted by atomic mass is 9.88. The van der Waals surface area contributed by atoms with Crippen LogP contribution >= 0.6 is 0 Å². The van der Waals surface area contributed by atoms with Gasteiger partial charge >= 0.3 is 5.97 Å². The molecule has 1 fully saturated rings. The Hall–Kier alpha value is -0.610. The van der Waals surface area contributed by atoms with Crippen LogP contribution < -0.4 is 5.32 Å². The normalized spacial score (nSPS) is 21.1. The number of nitrogens with one attached hydrogen (secondary N) is 1. The fourth-order valence-corrected chi connectivity index (χ4v) is 2.89. The van der Waals surface area contributed by atoms with Crippen molar-refractivity contribution >= 4 is 5.97 Å². The molecule has 1 N–H and O–H groups in total. The largest absolute Gasteiger partial charge is 0.465 e. The van der Waals surface area contributed by atoms with E-state index in [1.165, 1.54) is 0 Å². The van der Waals surface area contributed by atoms with Crippen LogP contribution in [0.3, 0.4) is 0 Å². The van der Waals surface area contributed by atoms with E-state index in [1.807, 2.05) is 6.92 Å². The Morgan fingerprint density at radius 1 is 1.28 bits per heavy atom. The molecule has 18 heavy (non-hydrogen) atoms. The Balaban J connectivity index is 2.88. The Kier molecular flexibility index (Phi) is 6.65. The fraction of sp³-hybridized carbons (Fsp3) is 0.929. The van der Waals surface area contributed by atoms with Gasteiger partial charge in [0.1, 0.15) is 5.54 Å². The zero-order chi connectivity index (χ0) is 13.4. The predicted octanol–water partition coefficient (Wildman–Crippen LogP) is 1.79. The van der Waals surface area contributed by atoms with Gasteiger partial charge in [-0.15, -0.1) is 0 Å². The molecule has 1 heterocycles. The van der Waals surface area contributed by atoms with Gasteiger partial charge in [-0.25, -0.2) is 0 Å². The zero-order valence-electron chi connectivity index (χ0n) is 12.1. The van der Waals surface area contributed by atoms with Gasteiger partial charge in [-0.3, -0.25) is 9.69 Å². The highest BCUT2D eigenvalue weighted by molar-refractivity contribution is 5.80. The summed E-state index contributed by atoms with van der Waals surface area (Å²) in [5.41, 5.74) is -0.406. The third kappa shape index (κ3) is 3.45. The minimum Gasteiger partial charge on any atom is -0.465 e. The molecule has 106 valence electrons. The van der Waals surface area contributed by atoms with E-state index in [0.717, 1.165) is 51.9 Å². The van der Waals surface area contributed by atoms with Gasteiger partial charge in [-0.1, -0.05) is 20.3 Å². The molecule has 1 unspecified atom stereocenters. The van der Waals surface area contributed by atoms with E-state index in [9.17, 15) is 4.79 Å². The maximum absolute atomic E-state index is 12.4. The first kappa shape index (κ1) is 15.4. The Morgan fingerprint density at radius 2 is 2.06 bits per heavy atom. The molecule has 1 aliphatic rings. The number of carbonyl (C=O) groups is 1. The van der Waals surface area contributed by atoms with Crippen LogP contribution in [0.2, 0.25) is 0 Å². The van der Waals surface area contributed by atoms with E-state index in [2.05, 4.69) is 24.1 Å². The summed E-state index contributed by atoms with van der Waals surface area (Å²) in [6.45, 7) is 10.5. The molecule has 0 radical (unpaired) electrons. The Labute approximate surface area is 111 Å². The van der Waals surface area contributed by atoms with Gasteiger partial charge in [0.05, 0.1) is 6.61 Å². The number of esters is 1. The van der Waals surface area contributed by atoms with Crippen molar-refractivity contribution in [3.63, 3.8) is 0 Å². The van der Waals surface area contributed by atoms with Gasteiger partial charge in [0.25, 0.3) is 0 Å². The first-order valence-corrected chi connectivity index (χ1v) is 7.34. The molecule has 0 amide bonds. The van der Waals surface area contributed by atoms with Crippen molar-refractivity contribution in [3.8, 4) is 0 Å². The van der Waals surface area contributed by atoms with E-state index >= 15 is 0 Å². The molecule has 0 aromatic rings. The summed E-state index contributed by atoms with van der Waals surface area (Å²) in [4.78, 5) is 14.8. The summed E-state index contributed by atoms with van der Waals surface area (Å²) < 4.78 is 5.34. The van der Waals surface area contributed by atoms with E-state index in [-0.39, 0.29) is 5.97 Å². The molecule has 0 aromatic heterocycles. The van der Waals surface area contributed by atoms with Crippen LogP contribution in [0.25, 0.3) is 0 Å². The third-order valence-corrected chi connectivity index (χ3v) is 3.85. The lowest BCUT2D eigenvalue weighted by molar-refractivity contribution is -0.159. The molecule has 0 spiro atoms. The van der Waals surface area contributed by atoms with Crippen LogP contribution in [0.4, 0.5) is 0 Å². The highest BCUT2D eigenvalue weighted by atomic mass is 16.5. The van der Waals surface area contributed by atoms with Gasteiger partial charge in [0.15, 0.2) is 0 Å². The van der Waals surface area contributed by atoms with Gasteiger partial charge < -0.3 is 10.1 Å². The SMILES string of the molecule is CCCC(CC)(C(=O)OCC)N1CCCNCC1. The minimum atomic E-state index is -0.406. The summed E-state index contributed by atoms with van der Waals surface area (Å²) in [7, 11) is 0. The zero-order valence-corrected chi connectivity index (χ0v) is 12.1. The van der Waals surface area contributed by atoms with Crippen LogP contribution in [-0.4, -0.2) is 49.2 Å². The summed E-state index contributed by atoms with van der Waals surface area (Å²) in [6.07, 6.45) is 3.84.